The minimum absolute atomic E-state index is 0.0813. The average Bonchev–Trinajstić information content (AvgIpc) is 3.03. The predicted octanol–water partition coefficient (Wildman–Crippen LogP) is 8.57. The standard InChI is InChI=1S/C36H27O10P/c37-25-7-16-31(34(40)19-25)22-1-10-28(11-2-22)44-47(43,45-29-12-3-23(4-13-29)32-17-8-26(38)20-35(32)41)46-30-14-5-24(6-15-30)33-18-9-27(39)21-36(33)42/h1-21,37-42H. The van der Waals surface area contributed by atoms with E-state index in [2.05, 4.69) is 0 Å². The zero-order chi connectivity index (χ0) is 33.1. The first kappa shape index (κ1) is 30.8. The fraction of sp³-hybridized carbons (Fsp3) is 0. The van der Waals surface area contributed by atoms with Crippen molar-refractivity contribution in [1.29, 1.82) is 0 Å². The second kappa shape index (κ2) is 12.6. The molecule has 0 saturated heterocycles. The molecule has 0 aromatic heterocycles. The second-order valence-corrected chi connectivity index (χ2v) is 11.8. The van der Waals surface area contributed by atoms with Gasteiger partial charge in [0.05, 0.1) is 0 Å². The lowest BCUT2D eigenvalue weighted by atomic mass is 10.0. The highest BCUT2D eigenvalue weighted by Crippen LogP contribution is 2.50. The molecular weight excluding hydrogens is 623 g/mol. The largest absolute Gasteiger partial charge is 0.647 e. The molecule has 6 N–H and O–H groups in total. The van der Waals surface area contributed by atoms with E-state index in [9.17, 15) is 35.2 Å². The normalized spacial score (nSPS) is 11.1. The fourth-order valence-corrected chi connectivity index (χ4v) is 6.07. The van der Waals surface area contributed by atoms with Crippen LogP contribution >= 0.6 is 7.82 Å². The molecule has 0 amide bonds. The van der Waals surface area contributed by atoms with Gasteiger partial charge in [0.1, 0.15) is 51.7 Å². The molecule has 0 radical (unpaired) electrons. The molecule has 0 aliphatic heterocycles. The number of phosphoric ester groups is 1. The molecule has 11 heteroatoms. The fourth-order valence-electron chi connectivity index (χ4n) is 4.82. The quantitative estimate of drug-likeness (QED) is 0.0835. The van der Waals surface area contributed by atoms with Gasteiger partial charge in [-0.05, 0) is 89.5 Å². The summed E-state index contributed by atoms with van der Waals surface area (Å²) in [6, 6.07) is 31.6. The molecule has 0 saturated carbocycles. The molecule has 0 aliphatic carbocycles. The molecule has 0 unspecified atom stereocenters. The van der Waals surface area contributed by atoms with Gasteiger partial charge >= 0.3 is 7.82 Å². The number of benzene rings is 6. The number of rotatable bonds is 9. The van der Waals surface area contributed by atoms with Crippen LogP contribution in [0.25, 0.3) is 33.4 Å². The van der Waals surface area contributed by atoms with Crippen LogP contribution < -0.4 is 13.6 Å². The Morgan fingerprint density at radius 2 is 0.617 bits per heavy atom. The zero-order valence-corrected chi connectivity index (χ0v) is 25.3. The van der Waals surface area contributed by atoms with Gasteiger partial charge in [0.2, 0.25) is 0 Å². The monoisotopic (exact) mass is 650 g/mol. The van der Waals surface area contributed by atoms with Crippen LogP contribution in [0.4, 0.5) is 0 Å². The Morgan fingerprint density at radius 1 is 0.362 bits per heavy atom. The van der Waals surface area contributed by atoms with Crippen molar-refractivity contribution >= 4 is 7.82 Å². The second-order valence-electron chi connectivity index (χ2n) is 10.4. The summed E-state index contributed by atoms with van der Waals surface area (Å²) in [5.41, 5.74) is 3.20. The maximum atomic E-state index is 14.2. The van der Waals surface area contributed by atoms with Crippen molar-refractivity contribution in [3.63, 3.8) is 0 Å². The molecule has 6 aromatic carbocycles. The number of aromatic hydroxyl groups is 6. The molecule has 0 fully saturated rings. The van der Waals surface area contributed by atoms with Crippen molar-refractivity contribution in [3.05, 3.63) is 127 Å². The van der Waals surface area contributed by atoms with Crippen LogP contribution in [-0.4, -0.2) is 30.6 Å². The van der Waals surface area contributed by atoms with Crippen molar-refractivity contribution in [2.45, 2.75) is 0 Å². The summed E-state index contributed by atoms with van der Waals surface area (Å²) in [6.45, 7) is 0. The van der Waals surface area contributed by atoms with E-state index >= 15 is 0 Å². The summed E-state index contributed by atoms with van der Waals surface area (Å²) in [5.74, 6) is -0.214. The first-order valence-corrected chi connectivity index (χ1v) is 15.6. The molecule has 0 aliphatic rings. The first-order valence-electron chi connectivity index (χ1n) is 14.1. The Kier molecular flexibility index (Phi) is 8.27. The van der Waals surface area contributed by atoms with E-state index in [-0.39, 0.29) is 51.7 Å². The lowest BCUT2D eigenvalue weighted by molar-refractivity contribution is 0.298. The van der Waals surface area contributed by atoms with Gasteiger partial charge in [0.25, 0.3) is 0 Å². The SMILES string of the molecule is O=P(Oc1ccc(-c2ccc(O)cc2O)cc1)(Oc1ccc(-c2ccc(O)cc2O)cc1)Oc1ccc(-c2ccc(O)cc2O)cc1. The zero-order valence-electron chi connectivity index (χ0n) is 24.4. The van der Waals surface area contributed by atoms with Gasteiger partial charge in [0.15, 0.2) is 0 Å². The van der Waals surface area contributed by atoms with Gasteiger partial charge in [-0.15, -0.1) is 0 Å². The summed E-state index contributed by atoms with van der Waals surface area (Å²) >= 11 is 0. The number of hydrogen-bond donors (Lipinski definition) is 6. The molecule has 6 aromatic rings. The number of hydrogen-bond acceptors (Lipinski definition) is 10. The van der Waals surface area contributed by atoms with Gasteiger partial charge in [0, 0.05) is 34.9 Å². The molecule has 6 rings (SSSR count). The highest BCUT2D eigenvalue weighted by molar-refractivity contribution is 7.49. The minimum Gasteiger partial charge on any atom is -0.508 e. The van der Waals surface area contributed by atoms with Crippen LogP contribution in [0.2, 0.25) is 0 Å². The lowest BCUT2D eigenvalue weighted by Crippen LogP contribution is -2.07. The predicted molar refractivity (Wildman–Crippen MR) is 175 cm³/mol. The summed E-state index contributed by atoms with van der Waals surface area (Å²) in [6.07, 6.45) is 0. The Bertz CT molecular complexity index is 1850. The molecule has 0 bridgehead atoms. The van der Waals surface area contributed by atoms with E-state index in [1.807, 2.05) is 0 Å². The van der Waals surface area contributed by atoms with Crippen molar-refractivity contribution in [2.75, 3.05) is 0 Å². The van der Waals surface area contributed by atoms with E-state index in [1.54, 1.807) is 54.6 Å². The molecule has 0 atom stereocenters. The van der Waals surface area contributed by atoms with Crippen LogP contribution in [0.15, 0.2) is 127 Å². The van der Waals surface area contributed by atoms with Crippen LogP contribution in [-0.2, 0) is 4.57 Å². The van der Waals surface area contributed by atoms with Crippen molar-refractivity contribution in [2.24, 2.45) is 0 Å². The van der Waals surface area contributed by atoms with E-state index in [1.165, 1.54) is 72.8 Å². The average molecular weight is 651 g/mol. The Balaban J connectivity index is 1.28. The van der Waals surface area contributed by atoms with Crippen LogP contribution in [0.5, 0.6) is 51.7 Å². The van der Waals surface area contributed by atoms with E-state index in [4.69, 9.17) is 13.6 Å². The lowest BCUT2D eigenvalue weighted by Gasteiger charge is -2.20. The first-order chi connectivity index (χ1) is 22.5. The summed E-state index contributed by atoms with van der Waals surface area (Å²) in [5, 5.41) is 59.6. The minimum atomic E-state index is -4.44. The van der Waals surface area contributed by atoms with Gasteiger partial charge in [-0.25, -0.2) is 0 Å². The third kappa shape index (κ3) is 7.03. The third-order valence-electron chi connectivity index (χ3n) is 7.09. The van der Waals surface area contributed by atoms with Crippen LogP contribution in [0.3, 0.4) is 0 Å². The highest BCUT2D eigenvalue weighted by Gasteiger charge is 2.33. The molecular formula is C36H27O10P. The number of phenols is 6. The van der Waals surface area contributed by atoms with E-state index in [0.29, 0.717) is 33.4 Å². The highest BCUT2D eigenvalue weighted by atomic mass is 31.2. The van der Waals surface area contributed by atoms with Gasteiger partial charge in [-0.1, -0.05) is 36.4 Å². The van der Waals surface area contributed by atoms with Crippen molar-refractivity contribution in [1.82, 2.24) is 0 Å². The molecule has 0 spiro atoms. The van der Waals surface area contributed by atoms with Gasteiger partial charge < -0.3 is 44.2 Å². The van der Waals surface area contributed by atoms with E-state index < -0.39 is 7.82 Å². The maximum absolute atomic E-state index is 14.2. The van der Waals surface area contributed by atoms with Gasteiger partial charge in [-0.2, -0.15) is 4.57 Å². The smallest absolute Gasteiger partial charge is 0.508 e. The Labute approximate surface area is 268 Å². The summed E-state index contributed by atoms with van der Waals surface area (Å²) in [4.78, 5) is 0. The Hall–Kier alpha value is -6.25. The summed E-state index contributed by atoms with van der Waals surface area (Å²) < 4.78 is 31.6. The topological polar surface area (TPSA) is 166 Å². The molecule has 0 heterocycles. The number of phenolic OH excluding ortho intramolecular Hbond substituents is 6. The third-order valence-corrected chi connectivity index (χ3v) is 8.39. The Morgan fingerprint density at radius 3 is 0.851 bits per heavy atom. The molecule has 10 nitrogen and oxygen atoms in total. The van der Waals surface area contributed by atoms with Gasteiger partial charge in [-0.3, -0.25) is 0 Å². The van der Waals surface area contributed by atoms with Crippen molar-refractivity contribution in [3.8, 4) is 85.1 Å². The summed E-state index contributed by atoms with van der Waals surface area (Å²) in [7, 11) is -4.44. The number of phosphoric acid groups is 1. The van der Waals surface area contributed by atoms with Crippen LogP contribution in [0.1, 0.15) is 0 Å². The van der Waals surface area contributed by atoms with Crippen molar-refractivity contribution < 1.29 is 48.8 Å². The van der Waals surface area contributed by atoms with E-state index in [0.717, 1.165) is 0 Å². The molecule has 47 heavy (non-hydrogen) atoms. The molecule has 236 valence electrons. The maximum Gasteiger partial charge on any atom is 0.647 e. The van der Waals surface area contributed by atoms with Crippen LogP contribution in [0, 0.1) is 0 Å².